The molecule has 7 nitrogen and oxygen atoms in total. The van der Waals surface area contributed by atoms with E-state index in [4.69, 9.17) is 9.47 Å². The SMILES string of the molecule is C=C1C(=O)O[C@@H]2[C@@H]1C[C@@H](O)[C@H](C)[C@@](O)(C(=O)/C=C/C)[C@H]2OC(=O)[C@H](C)CC. The van der Waals surface area contributed by atoms with Crippen LogP contribution in [0.3, 0.4) is 0 Å². The van der Waals surface area contributed by atoms with Crippen molar-refractivity contribution >= 4 is 17.7 Å². The van der Waals surface area contributed by atoms with Crippen LogP contribution in [0.5, 0.6) is 0 Å². The van der Waals surface area contributed by atoms with E-state index in [-0.39, 0.29) is 12.0 Å². The molecule has 1 aliphatic carbocycles. The summed E-state index contributed by atoms with van der Waals surface area (Å²) < 4.78 is 10.9. The fraction of sp³-hybridized carbons (Fsp3) is 0.650. The van der Waals surface area contributed by atoms with Crippen LogP contribution in [0.4, 0.5) is 0 Å². The minimum Gasteiger partial charge on any atom is -0.455 e. The summed E-state index contributed by atoms with van der Waals surface area (Å²) in [7, 11) is 0. The highest BCUT2D eigenvalue weighted by atomic mass is 16.6. The van der Waals surface area contributed by atoms with E-state index in [0.717, 1.165) is 0 Å². The van der Waals surface area contributed by atoms with Gasteiger partial charge in [0.05, 0.1) is 12.0 Å². The lowest BCUT2D eigenvalue weighted by Gasteiger charge is -2.39. The van der Waals surface area contributed by atoms with Gasteiger partial charge >= 0.3 is 11.9 Å². The molecule has 0 unspecified atom stereocenters. The van der Waals surface area contributed by atoms with E-state index in [9.17, 15) is 24.6 Å². The molecule has 2 rings (SSSR count). The van der Waals surface area contributed by atoms with Crippen LogP contribution in [0, 0.1) is 17.8 Å². The molecule has 1 heterocycles. The molecular formula is C20H28O7. The average molecular weight is 380 g/mol. The number of ether oxygens (including phenoxy) is 2. The fourth-order valence-corrected chi connectivity index (χ4v) is 3.66. The van der Waals surface area contributed by atoms with Crippen LogP contribution in [-0.2, 0) is 23.9 Å². The van der Waals surface area contributed by atoms with Crippen LogP contribution < -0.4 is 0 Å². The van der Waals surface area contributed by atoms with Gasteiger partial charge in [-0.2, -0.15) is 0 Å². The lowest BCUT2D eigenvalue weighted by Crippen LogP contribution is -2.61. The summed E-state index contributed by atoms with van der Waals surface area (Å²) in [6.07, 6.45) is -0.450. The zero-order chi connectivity index (χ0) is 20.5. The van der Waals surface area contributed by atoms with E-state index >= 15 is 0 Å². The third-order valence-electron chi connectivity index (χ3n) is 5.82. The normalized spacial score (nSPS) is 37.5. The average Bonchev–Trinajstić information content (AvgIpc) is 2.87. The van der Waals surface area contributed by atoms with Crippen molar-refractivity contribution in [1.82, 2.24) is 0 Å². The number of rotatable bonds is 5. The molecule has 2 aliphatic rings. The predicted octanol–water partition coefficient (Wildman–Crippen LogP) is 1.32. The maximum Gasteiger partial charge on any atom is 0.334 e. The highest BCUT2D eigenvalue weighted by Crippen LogP contribution is 2.45. The zero-order valence-electron chi connectivity index (χ0n) is 16.2. The minimum atomic E-state index is -2.24. The van der Waals surface area contributed by atoms with Crippen LogP contribution >= 0.6 is 0 Å². The maximum absolute atomic E-state index is 12.8. The van der Waals surface area contributed by atoms with Crippen molar-refractivity contribution < 1.29 is 34.1 Å². The summed E-state index contributed by atoms with van der Waals surface area (Å²) in [5.74, 6) is -4.08. The number of fused-ring (bicyclic) bond motifs is 1. The molecule has 0 aromatic carbocycles. The molecule has 7 atom stereocenters. The molecule has 0 spiro atoms. The summed E-state index contributed by atoms with van der Waals surface area (Å²) in [6, 6.07) is 0. The van der Waals surface area contributed by atoms with Gasteiger partial charge in [0.25, 0.3) is 0 Å². The first-order valence-corrected chi connectivity index (χ1v) is 9.27. The molecule has 2 fully saturated rings. The van der Waals surface area contributed by atoms with Gasteiger partial charge in [0.2, 0.25) is 0 Å². The molecule has 0 aromatic rings. The number of allylic oxidation sites excluding steroid dienone is 1. The molecule has 1 aliphatic heterocycles. The number of hydrogen-bond donors (Lipinski definition) is 2. The lowest BCUT2D eigenvalue weighted by atomic mass is 9.77. The summed E-state index contributed by atoms with van der Waals surface area (Å²) in [5, 5.41) is 22.0. The highest BCUT2D eigenvalue weighted by Gasteiger charge is 2.62. The largest absolute Gasteiger partial charge is 0.455 e. The Morgan fingerprint density at radius 1 is 1.48 bits per heavy atom. The van der Waals surface area contributed by atoms with Crippen molar-refractivity contribution in [3.63, 3.8) is 0 Å². The highest BCUT2D eigenvalue weighted by molar-refractivity contribution is 5.98. The van der Waals surface area contributed by atoms with Crippen molar-refractivity contribution in [2.24, 2.45) is 17.8 Å². The molecule has 0 aromatic heterocycles. The van der Waals surface area contributed by atoms with E-state index in [1.54, 1.807) is 13.8 Å². The predicted molar refractivity (Wildman–Crippen MR) is 96.4 cm³/mol. The Bertz CT molecular complexity index is 667. The van der Waals surface area contributed by atoms with Crippen molar-refractivity contribution in [1.29, 1.82) is 0 Å². The molecular weight excluding hydrogens is 352 g/mol. The van der Waals surface area contributed by atoms with E-state index in [1.807, 2.05) is 6.92 Å². The third-order valence-corrected chi connectivity index (χ3v) is 5.82. The van der Waals surface area contributed by atoms with Gasteiger partial charge in [0.15, 0.2) is 17.5 Å². The van der Waals surface area contributed by atoms with E-state index in [1.165, 1.54) is 19.1 Å². The first-order chi connectivity index (χ1) is 12.6. The molecule has 1 saturated heterocycles. The van der Waals surface area contributed by atoms with Gasteiger partial charge in [-0.05, 0) is 25.8 Å². The van der Waals surface area contributed by atoms with Crippen molar-refractivity contribution in [3.8, 4) is 0 Å². The maximum atomic E-state index is 12.8. The number of carbonyl (C=O) groups excluding carboxylic acids is 3. The Balaban J connectivity index is 2.58. The van der Waals surface area contributed by atoms with Crippen LogP contribution in [0.1, 0.15) is 40.5 Å². The monoisotopic (exact) mass is 380 g/mol. The molecule has 2 N–H and O–H groups in total. The van der Waals surface area contributed by atoms with Gasteiger partial charge in [-0.1, -0.05) is 33.4 Å². The van der Waals surface area contributed by atoms with E-state index < -0.39 is 59.4 Å². The Kier molecular flexibility index (Phi) is 6.27. The summed E-state index contributed by atoms with van der Waals surface area (Å²) >= 11 is 0. The second-order valence-corrected chi connectivity index (χ2v) is 7.45. The van der Waals surface area contributed by atoms with Gasteiger partial charge in [0.1, 0.15) is 6.10 Å². The van der Waals surface area contributed by atoms with Crippen LogP contribution in [0.2, 0.25) is 0 Å². The number of hydrogen-bond acceptors (Lipinski definition) is 7. The minimum absolute atomic E-state index is 0.0687. The Morgan fingerprint density at radius 3 is 2.67 bits per heavy atom. The van der Waals surface area contributed by atoms with E-state index in [0.29, 0.717) is 6.42 Å². The molecule has 1 saturated carbocycles. The fourth-order valence-electron chi connectivity index (χ4n) is 3.66. The number of ketones is 1. The summed E-state index contributed by atoms with van der Waals surface area (Å²) in [4.78, 5) is 37.3. The van der Waals surface area contributed by atoms with Crippen LogP contribution in [0.15, 0.2) is 24.3 Å². The van der Waals surface area contributed by atoms with Crippen LogP contribution in [-0.4, -0.2) is 51.8 Å². The molecule has 150 valence electrons. The van der Waals surface area contributed by atoms with Gasteiger partial charge in [0, 0.05) is 17.4 Å². The number of esters is 2. The zero-order valence-corrected chi connectivity index (χ0v) is 16.2. The summed E-state index contributed by atoms with van der Waals surface area (Å²) in [6.45, 7) is 10.3. The smallest absolute Gasteiger partial charge is 0.334 e. The third kappa shape index (κ3) is 3.58. The first-order valence-electron chi connectivity index (χ1n) is 9.27. The Morgan fingerprint density at radius 2 is 2.11 bits per heavy atom. The molecule has 7 heteroatoms. The molecule has 0 radical (unpaired) electrons. The number of aliphatic hydroxyl groups excluding tert-OH is 1. The van der Waals surface area contributed by atoms with Crippen LogP contribution in [0.25, 0.3) is 0 Å². The molecule has 27 heavy (non-hydrogen) atoms. The van der Waals surface area contributed by atoms with Crippen molar-refractivity contribution in [2.45, 2.75) is 64.4 Å². The van der Waals surface area contributed by atoms with Crippen molar-refractivity contribution in [3.05, 3.63) is 24.3 Å². The van der Waals surface area contributed by atoms with Gasteiger partial charge in [-0.3, -0.25) is 9.59 Å². The van der Waals surface area contributed by atoms with Gasteiger partial charge < -0.3 is 19.7 Å². The Labute approximate surface area is 159 Å². The quantitative estimate of drug-likeness (QED) is 0.547. The van der Waals surface area contributed by atoms with Gasteiger partial charge in [-0.25, -0.2) is 4.79 Å². The molecule has 0 bridgehead atoms. The molecule has 0 amide bonds. The van der Waals surface area contributed by atoms with E-state index in [2.05, 4.69) is 6.58 Å². The first kappa shape index (κ1) is 21.3. The Hall–Kier alpha value is -1.99. The topological polar surface area (TPSA) is 110 Å². The number of aliphatic hydroxyl groups is 2. The van der Waals surface area contributed by atoms with Gasteiger partial charge in [-0.15, -0.1) is 0 Å². The lowest BCUT2D eigenvalue weighted by molar-refractivity contribution is -0.200. The van der Waals surface area contributed by atoms with Crippen molar-refractivity contribution in [2.75, 3.05) is 0 Å². The standard InChI is InChI=1S/C20H28O7/c1-6-8-15(22)20(25)12(5)14(21)9-13-11(4)19(24)26-16(13)17(20)27-18(23)10(3)7-2/h6,8,10,12-14,16-17,21,25H,4,7,9H2,1-3,5H3/b8-6+/t10-,12+,13-,14-,16-,17+,20-/m1/s1. The summed E-state index contributed by atoms with van der Waals surface area (Å²) in [5.41, 5.74) is -2.10. The second-order valence-electron chi connectivity index (χ2n) is 7.45. The second kappa shape index (κ2) is 7.94. The number of carbonyl (C=O) groups is 3.